The molecule has 9 nitrogen and oxygen atoms in total. The summed E-state index contributed by atoms with van der Waals surface area (Å²) in [4.78, 5) is 16.8. The Bertz CT molecular complexity index is 1180. The van der Waals surface area contributed by atoms with Crippen LogP contribution in [0.4, 0.5) is 0 Å². The van der Waals surface area contributed by atoms with Crippen LogP contribution in [0.5, 0.6) is 17.2 Å². The molecule has 0 aromatic heterocycles. The predicted octanol–water partition coefficient (Wildman–Crippen LogP) is 5.10. The molecule has 0 saturated carbocycles. The number of hydrogen-bond acceptors (Lipinski definition) is 8. The molecule has 2 aromatic rings. The van der Waals surface area contributed by atoms with Gasteiger partial charge in [0, 0.05) is 19.2 Å². The van der Waals surface area contributed by atoms with Gasteiger partial charge in [-0.15, -0.1) is 0 Å². The highest BCUT2D eigenvalue weighted by Gasteiger charge is 2.30. The maximum Gasteiger partial charge on any atom is 0.349 e. The SMILES string of the molecule is CCOC(=O)C(C)O/N=C\c1cc(Br)c(Oc2ccc(OC)c(S(=O)(=O)N3CCCC3)c2)c(Br)c1. The normalized spacial score (nSPS) is 15.2. The molecule has 1 saturated heterocycles. The molecule has 0 bridgehead atoms. The van der Waals surface area contributed by atoms with Gasteiger partial charge in [-0.2, -0.15) is 4.31 Å². The summed E-state index contributed by atoms with van der Waals surface area (Å²) >= 11 is 6.95. The molecule has 35 heavy (non-hydrogen) atoms. The second kappa shape index (κ2) is 12.2. The highest BCUT2D eigenvalue weighted by molar-refractivity contribution is 9.11. The van der Waals surface area contributed by atoms with Crippen LogP contribution in [-0.4, -0.2) is 57.8 Å². The molecule has 0 radical (unpaired) electrons. The summed E-state index contributed by atoms with van der Waals surface area (Å²) in [6.45, 7) is 4.49. The number of benzene rings is 2. The second-order valence-electron chi connectivity index (χ2n) is 7.57. The van der Waals surface area contributed by atoms with Crippen LogP contribution in [0.3, 0.4) is 0 Å². The van der Waals surface area contributed by atoms with E-state index in [0.29, 0.717) is 39.1 Å². The van der Waals surface area contributed by atoms with Crippen LogP contribution in [0.15, 0.2) is 49.3 Å². The molecule has 1 fully saturated rings. The second-order valence-corrected chi connectivity index (χ2v) is 11.2. The van der Waals surface area contributed by atoms with Gasteiger partial charge in [0.05, 0.1) is 28.9 Å². The minimum Gasteiger partial charge on any atom is -0.495 e. The Kier molecular flexibility index (Phi) is 9.56. The maximum atomic E-state index is 13.1. The lowest BCUT2D eigenvalue weighted by Crippen LogP contribution is -2.28. The van der Waals surface area contributed by atoms with Crippen molar-refractivity contribution in [3.8, 4) is 17.2 Å². The third kappa shape index (κ3) is 6.75. The average molecular weight is 634 g/mol. The summed E-state index contributed by atoms with van der Waals surface area (Å²) in [6, 6.07) is 8.16. The highest BCUT2D eigenvalue weighted by Crippen LogP contribution is 2.40. The topological polar surface area (TPSA) is 104 Å². The van der Waals surface area contributed by atoms with Gasteiger partial charge in [0.25, 0.3) is 0 Å². The van der Waals surface area contributed by atoms with Crippen LogP contribution in [0.1, 0.15) is 32.3 Å². The summed E-state index contributed by atoms with van der Waals surface area (Å²) < 4.78 is 45.1. The van der Waals surface area contributed by atoms with Crippen LogP contribution in [0.25, 0.3) is 0 Å². The lowest BCUT2D eigenvalue weighted by molar-refractivity contribution is -0.155. The molecule has 1 unspecified atom stereocenters. The van der Waals surface area contributed by atoms with E-state index in [1.165, 1.54) is 23.7 Å². The Morgan fingerprint density at radius 1 is 1.17 bits per heavy atom. The number of carbonyl (C=O) groups is 1. The highest BCUT2D eigenvalue weighted by atomic mass is 79.9. The first kappa shape index (κ1) is 27.4. The maximum absolute atomic E-state index is 13.1. The minimum atomic E-state index is -3.71. The summed E-state index contributed by atoms with van der Waals surface area (Å²) in [6.07, 6.45) is 2.28. The summed E-state index contributed by atoms with van der Waals surface area (Å²) in [5.41, 5.74) is 0.666. The minimum absolute atomic E-state index is 0.0586. The van der Waals surface area contributed by atoms with E-state index < -0.39 is 22.1 Å². The van der Waals surface area contributed by atoms with Gasteiger partial charge in [-0.25, -0.2) is 13.2 Å². The lowest BCUT2D eigenvalue weighted by Gasteiger charge is -2.19. The third-order valence-corrected chi connectivity index (χ3v) is 8.20. The predicted molar refractivity (Wildman–Crippen MR) is 138 cm³/mol. The molecule has 190 valence electrons. The average Bonchev–Trinajstić information content (AvgIpc) is 3.37. The van der Waals surface area contributed by atoms with Crippen molar-refractivity contribution in [1.82, 2.24) is 4.31 Å². The monoisotopic (exact) mass is 632 g/mol. The molecule has 1 aliphatic heterocycles. The largest absolute Gasteiger partial charge is 0.495 e. The zero-order valence-electron chi connectivity index (χ0n) is 19.5. The number of sulfonamides is 1. The Morgan fingerprint density at radius 2 is 1.83 bits per heavy atom. The van der Waals surface area contributed by atoms with Gasteiger partial charge < -0.3 is 19.0 Å². The van der Waals surface area contributed by atoms with Gasteiger partial charge in [-0.3, -0.25) is 0 Å². The van der Waals surface area contributed by atoms with Gasteiger partial charge in [0.2, 0.25) is 16.1 Å². The molecule has 1 aliphatic rings. The third-order valence-electron chi connectivity index (χ3n) is 5.10. The number of hydrogen-bond donors (Lipinski definition) is 0. The van der Waals surface area contributed by atoms with Gasteiger partial charge >= 0.3 is 5.97 Å². The molecule has 1 heterocycles. The molecule has 0 aliphatic carbocycles. The van der Waals surface area contributed by atoms with E-state index in [9.17, 15) is 13.2 Å². The van der Waals surface area contributed by atoms with Crippen molar-refractivity contribution >= 4 is 54.1 Å². The van der Waals surface area contributed by atoms with Crippen molar-refractivity contribution in [2.24, 2.45) is 5.16 Å². The Morgan fingerprint density at radius 3 is 2.43 bits per heavy atom. The Hall–Kier alpha value is -2.15. The number of esters is 1. The quantitative estimate of drug-likeness (QED) is 0.204. The van der Waals surface area contributed by atoms with Crippen LogP contribution in [0, 0.1) is 0 Å². The van der Waals surface area contributed by atoms with Crippen LogP contribution >= 0.6 is 31.9 Å². The first-order chi connectivity index (χ1) is 16.7. The van der Waals surface area contributed by atoms with E-state index in [-0.39, 0.29) is 17.3 Å². The zero-order chi connectivity index (χ0) is 25.6. The van der Waals surface area contributed by atoms with Gasteiger partial charge in [-0.05, 0) is 88.4 Å². The summed E-state index contributed by atoms with van der Waals surface area (Å²) in [5, 5.41) is 3.84. The van der Waals surface area contributed by atoms with E-state index in [1.54, 1.807) is 38.1 Å². The van der Waals surface area contributed by atoms with E-state index in [4.69, 9.17) is 19.0 Å². The van der Waals surface area contributed by atoms with E-state index in [0.717, 1.165) is 12.8 Å². The number of halogens is 2. The Balaban J connectivity index is 1.80. The van der Waals surface area contributed by atoms with Crippen LogP contribution in [0.2, 0.25) is 0 Å². The first-order valence-electron chi connectivity index (χ1n) is 10.9. The van der Waals surface area contributed by atoms with Crippen molar-refractivity contribution < 1.29 is 32.3 Å². The number of rotatable bonds is 10. The van der Waals surface area contributed by atoms with Gasteiger partial charge in [-0.1, -0.05) is 5.16 Å². The van der Waals surface area contributed by atoms with Crippen LogP contribution in [-0.2, 0) is 24.4 Å². The van der Waals surface area contributed by atoms with E-state index in [1.807, 2.05) is 0 Å². The molecule has 3 rings (SSSR count). The van der Waals surface area contributed by atoms with E-state index >= 15 is 0 Å². The van der Waals surface area contributed by atoms with Crippen molar-refractivity contribution in [3.63, 3.8) is 0 Å². The first-order valence-corrected chi connectivity index (χ1v) is 13.9. The van der Waals surface area contributed by atoms with Gasteiger partial charge in [0.15, 0.2) is 5.75 Å². The van der Waals surface area contributed by atoms with Crippen LogP contribution < -0.4 is 9.47 Å². The molecule has 2 aromatic carbocycles. The van der Waals surface area contributed by atoms with Gasteiger partial charge in [0.1, 0.15) is 16.4 Å². The van der Waals surface area contributed by atoms with Crippen molar-refractivity contribution in [2.75, 3.05) is 26.8 Å². The number of nitrogens with zero attached hydrogens (tertiary/aromatic N) is 2. The fourth-order valence-corrected chi connectivity index (χ4v) is 6.42. The fourth-order valence-electron chi connectivity index (χ4n) is 3.34. The standard InChI is InChI=1S/C23H26Br2N2O7S/c1-4-32-23(28)15(2)34-26-14-16-11-18(24)22(19(25)12-16)33-17-7-8-20(31-3)21(13-17)35(29,30)27-9-5-6-10-27/h7-8,11-15H,4-6,9-10H2,1-3H3/b26-14-. The molecular formula is C23H26Br2N2O7S. The molecular weight excluding hydrogens is 608 g/mol. The smallest absolute Gasteiger partial charge is 0.349 e. The molecule has 12 heteroatoms. The summed E-state index contributed by atoms with van der Waals surface area (Å²) in [5.74, 6) is 0.531. The number of carbonyl (C=O) groups excluding carboxylic acids is 1. The molecule has 0 amide bonds. The van der Waals surface area contributed by atoms with E-state index in [2.05, 4.69) is 37.0 Å². The fraction of sp³-hybridized carbons (Fsp3) is 0.391. The molecule has 0 spiro atoms. The van der Waals surface area contributed by atoms with Crippen molar-refractivity contribution in [2.45, 2.75) is 37.7 Å². The van der Waals surface area contributed by atoms with Crippen molar-refractivity contribution in [3.05, 3.63) is 44.8 Å². The number of oxime groups is 1. The number of methoxy groups -OCH3 is 1. The number of ether oxygens (including phenoxy) is 3. The Labute approximate surface area is 221 Å². The summed E-state index contributed by atoms with van der Waals surface area (Å²) in [7, 11) is -2.28. The zero-order valence-corrected chi connectivity index (χ0v) is 23.5. The molecule has 1 atom stereocenters. The van der Waals surface area contributed by atoms with Crippen molar-refractivity contribution in [1.29, 1.82) is 0 Å². The molecule has 0 N–H and O–H groups in total. The lowest BCUT2D eigenvalue weighted by atomic mass is 10.2.